The van der Waals surface area contributed by atoms with Gasteiger partial charge in [0, 0.05) is 6.20 Å². The molecule has 2 rings (SSSR count). The average Bonchev–Trinajstić information content (AvgIpc) is 2.39. The summed E-state index contributed by atoms with van der Waals surface area (Å²) < 4.78 is 43.5. The molecule has 0 saturated carbocycles. The lowest BCUT2D eigenvalue weighted by atomic mass is 10.2. The van der Waals surface area contributed by atoms with E-state index in [4.69, 9.17) is 10.00 Å². The number of benzene rings is 1. The van der Waals surface area contributed by atoms with Gasteiger partial charge in [-0.2, -0.15) is 18.4 Å². The molecule has 2 aromatic rings. The third-order valence-electron chi connectivity index (χ3n) is 2.29. The van der Waals surface area contributed by atoms with Crippen molar-refractivity contribution in [3.05, 3.63) is 53.9 Å². The molecule has 0 unspecified atom stereocenters. The first-order chi connectivity index (χ1) is 9.02. The molecule has 3 nitrogen and oxygen atoms in total. The van der Waals surface area contributed by atoms with Crippen LogP contribution in [-0.4, -0.2) is 4.98 Å². The number of nitriles is 1. The van der Waals surface area contributed by atoms with Gasteiger partial charge in [-0.05, 0) is 24.3 Å². The van der Waals surface area contributed by atoms with Crippen LogP contribution in [0.2, 0.25) is 0 Å². The number of hydrogen-bond donors (Lipinski definition) is 0. The molecule has 0 N–H and O–H groups in total. The molecule has 0 aliphatic rings. The first-order valence-electron chi connectivity index (χ1n) is 5.21. The Morgan fingerprint density at radius 1 is 1.05 bits per heavy atom. The lowest BCUT2D eigenvalue weighted by Gasteiger charge is -2.13. The monoisotopic (exact) mass is 264 g/mol. The van der Waals surface area contributed by atoms with E-state index in [1.807, 2.05) is 0 Å². The van der Waals surface area contributed by atoms with E-state index < -0.39 is 11.7 Å². The molecule has 1 aromatic heterocycles. The molecule has 0 amide bonds. The van der Waals surface area contributed by atoms with E-state index in [0.29, 0.717) is 0 Å². The molecule has 19 heavy (non-hydrogen) atoms. The maximum absolute atomic E-state index is 12.8. The molecule has 96 valence electrons. The Hall–Kier alpha value is -2.55. The van der Waals surface area contributed by atoms with Crippen molar-refractivity contribution in [2.45, 2.75) is 6.18 Å². The van der Waals surface area contributed by atoms with Crippen LogP contribution in [0.1, 0.15) is 11.3 Å². The highest BCUT2D eigenvalue weighted by Gasteiger charge is 2.34. The highest BCUT2D eigenvalue weighted by atomic mass is 19.4. The third kappa shape index (κ3) is 2.83. The molecule has 6 heteroatoms. The fourth-order valence-electron chi connectivity index (χ4n) is 1.47. The Morgan fingerprint density at radius 3 is 2.42 bits per heavy atom. The van der Waals surface area contributed by atoms with Crippen molar-refractivity contribution in [3.8, 4) is 17.6 Å². The van der Waals surface area contributed by atoms with Crippen molar-refractivity contribution < 1.29 is 17.9 Å². The zero-order chi connectivity index (χ0) is 13.9. The minimum Gasteiger partial charge on any atom is -0.454 e. The van der Waals surface area contributed by atoms with Gasteiger partial charge in [0.25, 0.3) is 0 Å². The highest BCUT2D eigenvalue weighted by Crippen LogP contribution is 2.38. The molecule has 0 aliphatic carbocycles. The van der Waals surface area contributed by atoms with Gasteiger partial charge in [-0.25, -0.2) is 4.98 Å². The van der Waals surface area contributed by atoms with Gasteiger partial charge < -0.3 is 4.74 Å². The first kappa shape index (κ1) is 12.9. The van der Waals surface area contributed by atoms with E-state index in [0.717, 1.165) is 6.07 Å². The van der Waals surface area contributed by atoms with Gasteiger partial charge in [0.1, 0.15) is 11.8 Å². The van der Waals surface area contributed by atoms with Crippen molar-refractivity contribution in [2.24, 2.45) is 0 Å². The Morgan fingerprint density at radius 2 is 1.74 bits per heavy atom. The molecule has 0 spiro atoms. The molecule has 0 saturated heterocycles. The van der Waals surface area contributed by atoms with Crippen LogP contribution >= 0.6 is 0 Å². The molecule has 0 fully saturated rings. The van der Waals surface area contributed by atoms with Crippen LogP contribution in [0.4, 0.5) is 13.2 Å². The van der Waals surface area contributed by atoms with E-state index in [1.165, 1.54) is 36.5 Å². The van der Waals surface area contributed by atoms with Crippen molar-refractivity contribution in [1.82, 2.24) is 4.98 Å². The number of nitrogens with zero attached hydrogens (tertiary/aromatic N) is 2. The zero-order valence-electron chi connectivity index (χ0n) is 9.48. The van der Waals surface area contributed by atoms with Gasteiger partial charge in [0.15, 0.2) is 11.4 Å². The first-order valence-corrected chi connectivity index (χ1v) is 5.21. The average molecular weight is 264 g/mol. The van der Waals surface area contributed by atoms with Crippen molar-refractivity contribution >= 4 is 0 Å². The number of hydrogen-bond acceptors (Lipinski definition) is 3. The van der Waals surface area contributed by atoms with Gasteiger partial charge >= 0.3 is 6.18 Å². The Balaban J connectivity index is 2.43. The largest absolute Gasteiger partial charge is 0.454 e. The van der Waals surface area contributed by atoms with E-state index in [-0.39, 0.29) is 17.2 Å². The minimum atomic E-state index is -4.52. The number of aromatic nitrogens is 1. The lowest BCUT2D eigenvalue weighted by Crippen LogP contribution is -2.07. The summed E-state index contributed by atoms with van der Waals surface area (Å²) in [5, 5.41) is 8.81. The summed E-state index contributed by atoms with van der Waals surface area (Å²) in [7, 11) is 0. The van der Waals surface area contributed by atoms with Crippen LogP contribution in [0.25, 0.3) is 0 Å². The molecular formula is C13H7F3N2O. The highest BCUT2D eigenvalue weighted by molar-refractivity contribution is 5.43. The quantitative estimate of drug-likeness (QED) is 0.829. The summed E-state index contributed by atoms with van der Waals surface area (Å²) in [5.74, 6) is -0.374. The maximum Gasteiger partial charge on any atom is 0.419 e. The van der Waals surface area contributed by atoms with Gasteiger partial charge in [-0.3, -0.25) is 0 Å². The van der Waals surface area contributed by atoms with Crippen molar-refractivity contribution in [2.75, 3.05) is 0 Å². The maximum atomic E-state index is 12.8. The fourth-order valence-corrected chi connectivity index (χ4v) is 1.47. The lowest BCUT2D eigenvalue weighted by molar-refractivity contribution is -0.138. The number of halogens is 3. The van der Waals surface area contributed by atoms with Crippen molar-refractivity contribution in [1.29, 1.82) is 5.26 Å². The number of para-hydroxylation sites is 1. The number of rotatable bonds is 2. The molecule has 0 aliphatic heterocycles. The third-order valence-corrected chi connectivity index (χ3v) is 2.29. The Labute approximate surface area is 106 Å². The predicted molar refractivity (Wildman–Crippen MR) is 60.5 cm³/mol. The summed E-state index contributed by atoms with van der Waals surface area (Å²) in [6, 6.07) is 9.42. The van der Waals surface area contributed by atoms with Crippen LogP contribution in [0.15, 0.2) is 42.6 Å². The molecular weight excluding hydrogens is 257 g/mol. The van der Waals surface area contributed by atoms with Crippen LogP contribution in [0.3, 0.4) is 0 Å². The van der Waals surface area contributed by atoms with E-state index in [2.05, 4.69) is 4.98 Å². The topological polar surface area (TPSA) is 45.9 Å². The standard InChI is InChI=1S/C13H7F3N2O/c14-13(15,16)9-4-1-2-5-11(9)19-12-6-3-7-18-10(12)8-17/h1-7H. The number of alkyl halides is 3. The Kier molecular flexibility index (Phi) is 3.38. The van der Waals surface area contributed by atoms with E-state index in [1.54, 1.807) is 6.07 Å². The summed E-state index contributed by atoms with van der Waals surface area (Å²) in [4.78, 5) is 3.72. The molecule has 0 radical (unpaired) electrons. The summed E-state index contributed by atoms with van der Waals surface area (Å²) >= 11 is 0. The minimum absolute atomic E-state index is 0.0123. The van der Waals surface area contributed by atoms with Gasteiger partial charge in [0.2, 0.25) is 0 Å². The second kappa shape index (κ2) is 4.98. The van der Waals surface area contributed by atoms with Crippen LogP contribution in [0.5, 0.6) is 11.5 Å². The molecule has 0 bridgehead atoms. The Bertz CT molecular complexity index is 632. The van der Waals surface area contributed by atoms with Crippen LogP contribution in [0, 0.1) is 11.3 Å². The SMILES string of the molecule is N#Cc1ncccc1Oc1ccccc1C(F)(F)F. The molecule has 1 heterocycles. The van der Waals surface area contributed by atoms with Gasteiger partial charge in [-0.1, -0.05) is 12.1 Å². The summed E-state index contributed by atoms with van der Waals surface area (Å²) in [6.45, 7) is 0. The van der Waals surface area contributed by atoms with Gasteiger partial charge in [0.05, 0.1) is 5.56 Å². The normalized spacial score (nSPS) is 10.8. The van der Waals surface area contributed by atoms with Crippen LogP contribution < -0.4 is 4.74 Å². The predicted octanol–water partition coefficient (Wildman–Crippen LogP) is 3.76. The molecule has 1 aromatic carbocycles. The van der Waals surface area contributed by atoms with E-state index in [9.17, 15) is 13.2 Å². The molecule has 0 atom stereocenters. The second-order valence-electron chi connectivity index (χ2n) is 3.56. The van der Waals surface area contributed by atoms with E-state index >= 15 is 0 Å². The smallest absolute Gasteiger partial charge is 0.419 e. The number of ether oxygens (including phenoxy) is 1. The van der Waals surface area contributed by atoms with Crippen molar-refractivity contribution in [3.63, 3.8) is 0 Å². The zero-order valence-corrected chi connectivity index (χ0v) is 9.48. The summed E-state index contributed by atoms with van der Waals surface area (Å²) in [5.41, 5.74) is -0.970. The van der Waals surface area contributed by atoms with Crippen LogP contribution in [-0.2, 0) is 6.18 Å². The number of pyridine rings is 1. The fraction of sp³-hybridized carbons (Fsp3) is 0.0769. The summed E-state index contributed by atoms with van der Waals surface area (Å²) in [6.07, 6.45) is -3.16. The second-order valence-corrected chi connectivity index (χ2v) is 3.56. The van der Waals surface area contributed by atoms with Gasteiger partial charge in [-0.15, -0.1) is 0 Å².